The highest BCUT2D eigenvalue weighted by molar-refractivity contribution is 5.58. The second-order valence-corrected chi connectivity index (χ2v) is 4.27. The number of nitrogens with zero attached hydrogens (tertiary/aromatic N) is 2. The number of pyridine rings is 1. The van der Waals surface area contributed by atoms with E-state index in [1.165, 1.54) is 12.3 Å². The van der Waals surface area contributed by atoms with Crippen molar-refractivity contribution < 1.29 is 9.18 Å². The van der Waals surface area contributed by atoms with Crippen LogP contribution >= 0.6 is 0 Å². The van der Waals surface area contributed by atoms with Gasteiger partial charge in [-0.15, -0.1) is 0 Å². The summed E-state index contributed by atoms with van der Waals surface area (Å²) in [7, 11) is 0. The van der Waals surface area contributed by atoms with E-state index in [1.54, 1.807) is 0 Å². The first-order valence-corrected chi connectivity index (χ1v) is 5.25. The summed E-state index contributed by atoms with van der Waals surface area (Å²) in [6.45, 7) is 7.56. The van der Waals surface area contributed by atoms with Gasteiger partial charge in [0.1, 0.15) is 11.5 Å². The van der Waals surface area contributed by atoms with E-state index in [9.17, 15) is 9.18 Å². The SMILES string of the molecule is CC(C)c1ncc(F)c(C(C)C)c1N=C=O. The first-order chi connectivity index (χ1) is 7.49. The van der Waals surface area contributed by atoms with Crippen LogP contribution < -0.4 is 0 Å². The highest BCUT2D eigenvalue weighted by atomic mass is 19.1. The summed E-state index contributed by atoms with van der Waals surface area (Å²) in [5.74, 6) is -0.383. The van der Waals surface area contributed by atoms with Crippen molar-refractivity contribution in [3.63, 3.8) is 0 Å². The predicted molar refractivity (Wildman–Crippen MR) is 60.2 cm³/mol. The number of hydrogen-bond acceptors (Lipinski definition) is 3. The third-order valence-corrected chi connectivity index (χ3v) is 2.35. The summed E-state index contributed by atoms with van der Waals surface area (Å²) in [6, 6.07) is 0. The Balaban J connectivity index is 3.56. The number of isocyanates is 1. The third-order valence-electron chi connectivity index (χ3n) is 2.35. The van der Waals surface area contributed by atoms with E-state index in [-0.39, 0.29) is 11.8 Å². The molecule has 0 spiro atoms. The summed E-state index contributed by atoms with van der Waals surface area (Å²) in [4.78, 5) is 18.0. The number of hydrogen-bond donors (Lipinski definition) is 0. The molecular formula is C12H15FN2O. The molecule has 4 heteroatoms. The van der Waals surface area contributed by atoms with E-state index in [0.717, 1.165) is 0 Å². The van der Waals surface area contributed by atoms with Crippen molar-refractivity contribution >= 4 is 11.8 Å². The van der Waals surface area contributed by atoms with Crippen molar-refractivity contribution in [3.8, 4) is 0 Å². The smallest absolute Gasteiger partial charge is 0.240 e. The third kappa shape index (κ3) is 2.34. The Morgan fingerprint density at radius 1 is 1.31 bits per heavy atom. The predicted octanol–water partition coefficient (Wildman–Crippen LogP) is 3.43. The highest BCUT2D eigenvalue weighted by Crippen LogP contribution is 2.34. The van der Waals surface area contributed by atoms with Gasteiger partial charge in [0.05, 0.1) is 11.9 Å². The molecule has 0 unspecified atom stereocenters. The van der Waals surface area contributed by atoms with Crippen molar-refractivity contribution in [1.82, 2.24) is 4.98 Å². The fourth-order valence-electron chi connectivity index (χ4n) is 1.64. The normalized spacial score (nSPS) is 10.7. The van der Waals surface area contributed by atoms with Crippen molar-refractivity contribution in [3.05, 3.63) is 23.3 Å². The first-order valence-electron chi connectivity index (χ1n) is 5.25. The van der Waals surface area contributed by atoms with Gasteiger partial charge in [0.25, 0.3) is 0 Å². The van der Waals surface area contributed by atoms with Crippen LogP contribution in [0.15, 0.2) is 11.2 Å². The fourth-order valence-corrected chi connectivity index (χ4v) is 1.64. The molecule has 0 fully saturated rings. The van der Waals surface area contributed by atoms with Crippen LogP contribution in [0.25, 0.3) is 0 Å². The Bertz CT molecular complexity index is 435. The van der Waals surface area contributed by atoms with Crippen molar-refractivity contribution in [2.24, 2.45) is 4.99 Å². The molecule has 0 saturated heterocycles. The fraction of sp³-hybridized carbons (Fsp3) is 0.500. The molecule has 16 heavy (non-hydrogen) atoms. The Kier molecular flexibility index (Phi) is 3.91. The van der Waals surface area contributed by atoms with Crippen LogP contribution in [0.2, 0.25) is 0 Å². The van der Waals surface area contributed by atoms with Gasteiger partial charge in [0, 0.05) is 5.56 Å². The van der Waals surface area contributed by atoms with E-state index >= 15 is 0 Å². The molecule has 0 aliphatic rings. The molecule has 0 atom stereocenters. The van der Waals surface area contributed by atoms with Crippen molar-refractivity contribution in [2.45, 2.75) is 39.5 Å². The maximum atomic E-state index is 13.6. The highest BCUT2D eigenvalue weighted by Gasteiger charge is 2.19. The summed E-state index contributed by atoms with van der Waals surface area (Å²) >= 11 is 0. The molecule has 0 aliphatic heterocycles. The van der Waals surface area contributed by atoms with E-state index < -0.39 is 5.82 Å². The number of aromatic nitrogens is 1. The quantitative estimate of drug-likeness (QED) is 0.580. The standard InChI is InChI=1S/C12H15FN2O/c1-7(2)10-9(13)5-14-11(8(3)4)12(10)15-6-16/h5,7-8H,1-4H3. The molecule has 86 valence electrons. The molecular weight excluding hydrogens is 207 g/mol. The maximum absolute atomic E-state index is 13.6. The van der Waals surface area contributed by atoms with E-state index in [1.807, 2.05) is 27.7 Å². The lowest BCUT2D eigenvalue weighted by molar-refractivity contribution is 0.564. The van der Waals surface area contributed by atoms with Crippen molar-refractivity contribution in [1.29, 1.82) is 0 Å². The molecule has 3 nitrogen and oxygen atoms in total. The minimum absolute atomic E-state index is 0.0485. The monoisotopic (exact) mass is 222 g/mol. The molecule has 0 bridgehead atoms. The lowest BCUT2D eigenvalue weighted by atomic mass is 9.97. The van der Waals surface area contributed by atoms with Gasteiger partial charge in [-0.3, -0.25) is 4.98 Å². The number of halogens is 1. The summed E-state index contributed by atoms with van der Waals surface area (Å²) < 4.78 is 13.6. The second kappa shape index (κ2) is 4.99. The van der Waals surface area contributed by atoms with E-state index in [2.05, 4.69) is 9.98 Å². The van der Waals surface area contributed by atoms with Crippen LogP contribution in [0.5, 0.6) is 0 Å². The van der Waals surface area contributed by atoms with Gasteiger partial charge in [-0.1, -0.05) is 27.7 Å². The van der Waals surface area contributed by atoms with Crippen molar-refractivity contribution in [2.75, 3.05) is 0 Å². The van der Waals surface area contributed by atoms with Gasteiger partial charge in [-0.2, -0.15) is 4.99 Å². The molecule has 1 aromatic rings. The van der Waals surface area contributed by atoms with E-state index in [0.29, 0.717) is 16.9 Å². The van der Waals surface area contributed by atoms with Gasteiger partial charge in [-0.25, -0.2) is 9.18 Å². The molecule has 0 N–H and O–H groups in total. The summed E-state index contributed by atoms with van der Waals surface area (Å²) in [6.07, 6.45) is 2.66. The lowest BCUT2D eigenvalue weighted by Gasteiger charge is -2.14. The van der Waals surface area contributed by atoms with Gasteiger partial charge in [-0.05, 0) is 11.8 Å². The average Bonchev–Trinajstić information content (AvgIpc) is 2.17. The van der Waals surface area contributed by atoms with Gasteiger partial charge < -0.3 is 0 Å². The van der Waals surface area contributed by atoms with Crippen LogP contribution in [-0.4, -0.2) is 11.1 Å². The molecule has 0 saturated carbocycles. The van der Waals surface area contributed by atoms with Gasteiger partial charge in [0.15, 0.2) is 0 Å². The topological polar surface area (TPSA) is 42.3 Å². The Morgan fingerprint density at radius 3 is 2.38 bits per heavy atom. The number of aliphatic imine (C=N–C) groups is 1. The molecule has 0 aliphatic carbocycles. The van der Waals surface area contributed by atoms with Gasteiger partial charge in [0.2, 0.25) is 6.08 Å². The van der Waals surface area contributed by atoms with Gasteiger partial charge >= 0.3 is 0 Å². The Morgan fingerprint density at radius 2 is 1.94 bits per heavy atom. The summed E-state index contributed by atoms with van der Waals surface area (Å²) in [5, 5.41) is 0. The number of carbonyl (C=O) groups excluding carboxylic acids is 1. The van der Waals surface area contributed by atoms with Crippen LogP contribution in [0.3, 0.4) is 0 Å². The molecule has 0 amide bonds. The zero-order valence-electron chi connectivity index (χ0n) is 9.91. The van der Waals surface area contributed by atoms with E-state index in [4.69, 9.17) is 0 Å². The Hall–Kier alpha value is -1.54. The summed E-state index contributed by atoms with van der Waals surface area (Å²) in [5.41, 5.74) is 1.40. The molecule has 1 heterocycles. The average molecular weight is 222 g/mol. The van der Waals surface area contributed by atoms with Crippen LogP contribution in [-0.2, 0) is 4.79 Å². The molecule has 1 rings (SSSR count). The minimum atomic E-state index is -0.423. The Labute approximate surface area is 94.4 Å². The molecule has 1 aromatic heterocycles. The van der Waals surface area contributed by atoms with Crippen LogP contribution in [0.4, 0.5) is 10.1 Å². The minimum Gasteiger partial charge on any atom is -0.256 e. The second-order valence-electron chi connectivity index (χ2n) is 4.27. The van der Waals surface area contributed by atoms with Crippen LogP contribution in [0.1, 0.15) is 50.8 Å². The number of rotatable bonds is 3. The zero-order chi connectivity index (χ0) is 12.3. The maximum Gasteiger partial charge on any atom is 0.240 e. The largest absolute Gasteiger partial charge is 0.256 e. The molecule has 0 radical (unpaired) electrons. The van der Waals surface area contributed by atoms with Crippen LogP contribution in [0, 0.1) is 5.82 Å². The zero-order valence-corrected chi connectivity index (χ0v) is 9.91. The lowest BCUT2D eigenvalue weighted by Crippen LogP contribution is -2.02. The molecule has 0 aromatic carbocycles. The first kappa shape index (κ1) is 12.5.